The van der Waals surface area contributed by atoms with Crippen molar-refractivity contribution in [1.82, 2.24) is 10.2 Å². The van der Waals surface area contributed by atoms with Gasteiger partial charge < -0.3 is 15.1 Å². The predicted molar refractivity (Wildman–Crippen MR) is 149 cm³/mol. The lowest BCUT2D eigenvalue weighted by molar-refractivity contribution is 0.0746. The third kappa shape index (κ3) is 6.20. The Bertz CT molecular complexity index is 1240. The van der Waals surface area contributed by atoms with Crippen LogP contribution in [0.1, 0.15) is 26.3 Å². The molecular weight excluding hydrogens is 548 g/mol. The molecular formula is C26H24BrClN4O2S. The number of amides is 2. The summed E-state index contributed by atoms with van der Waals surface area (Å²) in [7, 11) is 0. The van der Waals surface area contributed by atoms with Gasteiger partial charge in [0.2, 0.25) is 0 Å². The minimum Gasteiger partial charge on any atom is -0.365 e. The highest BCUT2D eigenvalue weighted by molar-refractivity contribution is 9.10. The van der Waals surface area contributed by atoms with Gasteiger partial charge in [0.25, 0.3) is 11.8 Å². The van der Waals surface area contributed by atoms with Gasteiger partial charge in [-0.3, -0.25) is 14.9 Å². The van der Waals surface area contributed by atoms with Crippen molar-refractivity contribution in [2.75, 3.05) is 36.4 Å². The van der Waals surface area contributed by atoms with Crippen LogP contribution in [0, 0.1) is 6.92 Å². The molecule has 2 amide bonds. The summed E-state index contributed by atoms with van der Waals surface area (Å²) in [5.74, 6) is -0.277. The maximum absolute atomic E-state index is 12.9. The monoisotopic (exact) mass is 570 g/mol. The molecule has 0 aliphatic carbocycles. The third-order valence-electron chi connectivity index (χ3n) is 5.75. The number of halogens is 2. The molecule has 3 aromatic carbocycles. The number of aryl methyl sites for hydroxylation is 1. The Morgan fingerprint density at radius 2 is 1.54 bits per heavy atom. The summed E-state index contributed by atoms with van der Waals surface area (Å²) >= 11 is 15.3. The first-order chi connectivity index (χ1) is 16.8. The van der Waals surface area contributed by atoms with Crippen LogP contribution in [0.5, 0.6) is 0 Å². The molecule has 6 nitrogen and oxygen atoms in total. The lowest BCUT2D eigenvalue weighted by Gasteiger charge is -2.37. The van der Waals surface area contributed by atoms with Crippen LogP contribution in [0.3, 0.4) is 0 Å². The number of piperazine rings is 1. The van der Waals surface area contributed by atoms with Crippen molar-refractivity contribution in [3.05, 3.63) is 92.9 Å². The van der Waals surface area contributed by atoms with Crippen LogP contribution in [0.2, 0.25) is 5.02 Å². The molecule has 9 heteroatoms. The zero-order chi connectivity index (χ0) is 24.9. The van der Waals surface area contributed by atoms with E-state index in [-0.39, 0.29) is 16.9 Å². The fraction of sp³-hybridized carbons (Fsp3) is 0.192. The Morgan fingerprint density at radius 3 is 2.20 bits per heavy atom. The van der Waals surface area contributed by atoms with E-state index in [4.69, 9.17) is 23.8 Å². The van der Waals surface area contributed by atoms with Crippen LogP contribution in [-0.4, -0.2) is 48.0 Å². The lowest BCUT2D eigenvalue weighted by atomic mass is 10.1. The second kappa shape index (κ2) is 11.2. The van der Waals surface area contributed by atoms with Crippen molar-refractivity contribution in [2.24, 2.45) is 0 Å². The lowest BCUT2D eigenvalue weighted by Crippen LogP contribution is -2.49. The first kappa shape index (κ1) is 25.2. The molecule has 0 aromatic heterocycles. The molecule has 1 aliphatic rings. The highest BCUT2D eigenvalue weighted by Crippen LogP contribution is 2.34. The number of benzene rings is 3. The average Bonchev–Trinajstić information content (AvgIpc) is 2.85. The molecule has 4 rings (SSSR count). The second-order valence-corrected chi connectivity index (χ2v) is 9.93. The van der Waals surface area contributed by atoms with E-state index in [0.717, 1.165) is 15.7 Å². The molecule has 0 radical (unpaired) electrons. The molecule has 0 saturated carbocycles. The van der Waals surface area contributed by atoms with Crippen LogP contribution in [-0.2, 0) is 0 Å². The van der Waals surface area contributed by atoms with E-state index in [1.807, 2.05) is 54.3 Å². The Labute approximate surface area is 223 Å². The number of para-hydroxylation sites is 1. The Morgan fingerprint density at radius 1 is 0.914 bits per heavy atom. The van der Waals surface area contributed by atoms with Gasteiger partial charge >= 0.3 is 0 Å². The maximum atomic E-state index is 12.9. The molecule has 3 aromatic rings. The molecule has 2 N–H and O–H groups in total. The van der Waals surface area contributed by atoms with E-state index >= 15 is 0 Å². The molecule has 1 fully saturated rings. The van der Waals surface area contributed by atoms with Crippen LogP contribution in [0.15, 0.2) is 71.2 Å². The van der Waals surface area contributed by atoms with Gasteiger partial charge in [-0.05, 0) is 67.7 Å². The van der Waals surface area contributed by atoms with Crippen molar-refractivity contribution >= 4 is 68.1 Å². The van der Waals surface area contributed by atoms with Gasteiger partial charge in [0, 0.05) is 41.8 Å². The van der Waals surface area contributed by atoms with Gasteiger partial charge in [-0.1, -0.05) is 51.3 Å². The van der Waals surface area contributed by atoms with Crippen molar-refractivity contribution in [3.8, 4) is 0 Å². The maximum Gasteiger partial charge on any atom is 0.257 e. The first-order valence-electron chi connectivity index (χ1n) is 11.1. The standard InChI is InChI=1S/C26H24BrClN4O2S/c1-17-5-7-19(8-6-17)25(34)32-15-13-31(14-16-32)23-21(28)3-2-4-22(23)29-26(35)30-24(33)18-9-11-20(27)12-10-18/h2-12H,13-16H2,1H3,(H2,29,30,33,35). The molecule has 1 heterocycles. The summed E-state index contributed by atoms with van der Waals surface area (Å²) in [5.41, 5.74) is 3.79. The quantitative estimate of drug-likeness (QED) is 0.405. The molecule has 0 unspecified atom stereocenters. The Balaban J connectivity index is 1.41. The largest absolute Gasteiger partial charge is 0.365 e. The van der Waals surface area contributed by atoms with Crippen molar-refractivity contribution in [2.45, 2.75) is 6.92 Å². The summed E-state index contributed by atoms with van der Waals surface area (Å²) in [5, 5.41) is 6.56. The van der Waals surface area contributed by atoms with E-state index in [0.29, 0.717) is 48.0 Å². The van der Waals surface area contributed by atoms with E-state index < -0.39 is 0 Å². The summed E-state index contributed by atoms with van der Waals surface area (Å²) < 4.78 is 0.888. The zero-order valence-corrected chi connectivity index (χ0v) is 22.2. The number of carbonyl (C=O) groups excluding carboxylic acids is 2. The molecule has 1 aliphatic heterocycles. The second-order valence-electron chi connectivity index (χ2n) is 8.20. The van der Waals surface area contributed by atoms with Crippen molar-refractivity contribution < 1.29 is 9.59 Å². The average molecular weight is 572 g/mol. The van der Waals surface area contributed by atoms with Gasteiger partial charge in [0.05, 0.1) is 16.4 Å². The van der Waals surface area contributed by atoms with E-state index in [1.165, 1.54) is 0 Å². The van der Waals surface area contributed by atoms with Crippen LogP contribution in [0.25, 0.3) is 0 Å². The Kier molecular flexibility index (Phi) is 8.05. The predicted octanol–water partition coefficient (Wildman–Crippen LogP) is 5.50. The summed E-state index contributed by atoms with van der Waals surface area (Å²) in [6.07, 6.45) is 0. The number of rotatable bonds is 4. The fourth-order valence-corrected chi connectivity index (χ4v) is 4.64. The SMILES string of the molecule is Cc1ccc(C(=O)N2CCN(c3c(Cl)cccc3NC(=S)NC(=O)c3ccc(Br)cc3)CC2)cc1. The molecule has 0 bridgehead atoms. The highest BCUT2D eigenvalue weighted by Gasteiger charge is 2.25. The summed E-state index contributed by atoms with van der Waals surface area (Å²) in [4.78, 5) is 29.4. The highest BCUT2D eigenvalue weighted by atomic mass is 79.9. The van der Waals surface area contributed by atoms with Gasteiger partial charge in [-0.15, -0.1) is 0 Å². The topological polar surface area (TPSA) is 64.7 Å². The number of anilines is 2. The summed E-state index contributed by atoms with van der Waals surface area (Å²) in [6, 6.07) is 20.1. The number of hydrogen-bond acceptors (Lipinski definition) is 4. The van der Waals surface area contributed by atoms with Crippen LogP contribution in [0.4, 0.5) is 11.4 Å². The number of nitrogens with zero attached hydrogens (tertiary/aromatic N) is 2. The van der Waals surface area contributed by atoms with E-state index in [2.05, 4.69) is 31.5 Å². The van der Waals surface area contributed by atoms with Crippen molar-refractivity contribution in [1.29, 1.82) is 0 Å². The molecule has 0 spiro atoms. The molecule has 1 saturated heterocycles. The number of nitrogens with one attached hydrogen (secondary N) is 2. The summed E-state index contributed by atoms with van der Waals surface area (Å²) in [6.45, 7) is 4.38. The number of thiocarbonyl (C=S) groups is 1. The van der Waals surface area contributed by atoms with Gasteiger partial charge in [-0.25, -0.2) is 0 Å². The first-order valence-corrected chi connectivity index (χ1v) is 12.7. The van der Waals surface area contributed by atoms with Crippen molar-refractivity contribution in [3.63, 3.8) is 0 Å². The number of hydrogen-bond donors (Lipinski definition) is 2. The fourth-order valence-electron chi connectivity index (χ4n) is 3.88. The van der Waals surface area contributed by atoms with Gasteiger partial charge in [0.1, 0.15) is 0 Å². The van der Waals surface area contributed by atoms with Crippen LogP contribution >= 0.6 is 39.7 Å². The van der Waals surface area contributed by atoms with Gasteiger partial charge in [-0.2, -0.15) is 0 Å². The molecule has 180 valence electrons. The smallest absolute Gasteiger partial charge is 0.257 e. The Hall–Kier alpha value is -2.94. The third-order valence-corrected chi connectivity index (χ3v) is 6.79. The minimum atomic E-state index is -0.304. The number of carbonyl (C=O) groups is 2. The van der Waals surface area contributed by atoms with E-state index in [1.54, 1.807) is 24.3 Å². The normalized spacial score (nSPS) is 13.3. The molecule has 0 atom stereocenters. The van der Waals surface area contributed by atoms with Crippen LogP contribution < -0.4 is 15.5 Å². The molecule has 35 heavy (non-hydrogen) atoms. The van der Waals surface area contributed by atoms with E-state index in [9.17, 15) is 9.59 Å². The van der Waals surface area contributed by atoms with Gasteiger partial charge in [0.15, 0.2) is 5.11 Å². The minimum absolute atomic E-state index is 0.0268. The zero-order valence-electron chi connectivity index (χ0n) is 19.1.